The van der Waals surface area contributed by atoms with Gasteiger partial charge in [-0.05, 0) is 36.6 Å². The van der Waals surface area contributed by atoms with Crippen molar-refractivity contribution < 1.29 is 0 Å². The number of hydrogen-bond acceptors (Lipinski definition) is 1. The van der Waals surface area contributed by atoms with Gasteiger partial charge in [-0.15, -0.1) is 0 Å². The summed E-state index contributed by atoms with van der Waals surface area (Å²) in [4.78, 5) is 0. The highest BCUT2D eigenvalue weighted by Gasteiger charge is 2.20. The fourth-order valence-corrected chi connectivity index (χ4v) is 2.14. The summed E-state index contributed by atoms with van der Waals surface area (Å²) >= 11 is 0. The van der Waals surface area contributed by atoms with E-state index in [9.17, 15) is 0 Å². The second-order valence-electron chi connectivity index (χ2n) is 4.56. The molecule has 15 heavy (non-hydrogen) atoms. The Morgan fingerprint density at radius 1 is 1.27 bits per heavy atom. The lowest BCUT2D eigenvalue weighted by atomic mass is 10.2. The van der Waals surface area contributed by atoms with Gasteiger partial charge >= 0.3 is 0 Å². The van der Waals surface area contributed by atoms with Gasteiger partial charge in [-0.2, -0.15) is 0 Å². The van der Waals surface area contributed by atoms with Crippen molar-refractivity contribution >= 4 is 16.6 Å². The Kier molecular flexibility index (Phi) is 1.94. The molecule has 2 heteroatoms. The molecular formula is C13H16N2. The number of benzene rings is 1. The molecular weight excluding hydrogens is 184 g/mol. The van der Waals surface area contributed by atoms with Gasteiger partial charge in [-0.1, -0.05) is 12.8 Å². The highest BCUT2D eigenvalue weighted by atomic mass is 14.9. The molecule has 2 N–H and O–H groups in total. The molecule has 0 spiro atoms. The Morgan fingerprint density at radius 2 is 2.13 bits per heavy atom. The van der Waals surface area contributed by atoms with Gasteiger partial charge in [0.25, 0.3) is 0 Å². The van der Waals surface area contributed by atoms with Crippen LogP contribution in [0.15, 0.2) is 30.5 Å². The van der Waals surface area contributed by atoms with Gasteiger partial charge in [0.15, 0.2) is 0 Å². The fourth-order valence-electron chi connectivity index (χ4n) is 2.14. The van der Waals surface area contributed by atoms with E-state index in [1.807, 2.05) is 12.1 Å². The molecule has 0 atom stereocenters. The predicted octanol–water partition coefficient (Wildman–Crippen LogP) is 3.02. The molecule has 2 nitrogen and oxygen atoms in total. The maximum absolute atomic E-state index is 5.76. The number of nitrogens with two attached hydrogens (primary N) is 1. The summed E-state index contributed by atoms with van der Waals surface area (Å²) < 4.78 is 2.34. The topological polar surface area (TPSA) is 30.9 Å². The quantitative estimate of drug-likeness (QED) is 0.758. The molecule has 0 unspecified atom stereocenters. The summed E-state index contributed by atoms with van der Waals surface area (Å²) in [6.07, 6.45) is 6.37. The normalized spacial score (nSPS) is 16.0. The summed E-state index contributed by atoms with van der Waals surface area (Å²) in [5, 5.41) is 1.26. The highest BCUT2D eigenvalue weighted by molar-refractivity contribution is 5.83. The molecule has 1 saturated carbocycles. The van der Waals surface area contributed by atoms with Crippen LogP contribution in [0, 0.1) is 5.92 Å². The zero-order valence-corrected chi connectivity index (χ0v) is 8.82. The van der Waals surface area contributed by atoms with E-state index >= 15 is 0 Å². The molecule has 0 saturated heterocycles. The van der Waals surface area contributed by atoms with Crippen molar-refractivity contribution in [1.29, 1.82) is 0 Å². The van der Waals surface area contributed by atoms with E-state index in [0.29, 0.717) is 0 Å². The van der Waals surface area contributed by atoms with Crippen LogP contribution < -0.4 is 5.73 Å². The number of anilines is 1. The van der Waals surface area contributed by atoms with Crippen LogP contribution in [0.3, 0.4) is 0 Å². The van der Waals surface area contributed by atoms with Crippen LogP contribution in [-0.2, 0) is 6.54 Å². The Labute approximate surface area is 89.7 Å². The van der Waals surface area contributed by atoms with Gasteiger partial charge < -0.3 is 10.3 Å². The summed E-state index contributed by atoms with van der Waals surface area (Å²) in [6, 6.07) is 8.30. The monoisotopic (exact) mass is 200 g/mol. The molecule has 0 bridgehead atoms. The van der Waals surface area contributed by atoms with Crippen LogP contribution in [0.1, 0.15) is 19.3 Å². The lowest BCUT2D eigenvalue weighted by molar-refractivity contribution is 0.611. The zero-order chi connectivity index (χ0) is 10.3. The molecule has 3 rings (SSSR count). The van der Waals surface area contributed by atoms with E-state index in [-0.39, 0.29) is 0 Å². The smallest absolute Gasteiger partial charge is 0.0481 e. The van der Waals surface area contributed by atoms with Gasteiger partial charge in [-0.3, -0.25) is 0 Å². The third kappa shape index (κ3) is 1.72. The third-order valence-corrected chi connectivity index (χ3v) is 3.27. The lowest BCUT2D eigenvalue weighted by Gasteiger charge is -2.04. The summed E-state index contributed by atoms with van der Waals surface area (Å²) in [5.41, 5.74) is 7.92. The minimum atomic E-state index is 0.849. The number of nitrogens with zero attached hydrogens (tertiary/aromatic N) is 1. The first kappa shape index (κ1) is 8.84. The molecule has 1 heterocycles. The summed E-state index contributed by atoms with van der Waals surface area (Å²) in [7, 11) is 0. The third-order valence-electron chi connectivity index (χ3n) is 3.27. The van der Waals surface area contributed by atoms with Gasteiger partial charge in [0.2, 0.25) is 0 Å². The summed E-state index contributed by atoms with van der Waals surface area (Å²) in [6.45, 7) is 1.15. The number of aromatic nitrogens is 1. The fraction of sp³-hybridized carbons (Fsp3) is 0.385. The maximum Gasteiger partial charge on any atom is 0.0481 e. The minimum absolute atomic E-state index is 0.849. The van der Waals surface area contributed by atoms with Crippen LogP contribution in [0.25, 0.3) is 10.9 Å². The second kappa shape index (κ2) is 3.30. The van der Waals surface area contributed by atoms with Gasteiger partial charge in [0.05, 0.1) is 0 Å². The van der Waals surface area contributed by atoms with E-state index in [4.69, 9.17) is 5.73 Å². The first-order chi connectivity index (χ1) is 7.33. The highest BCUT2D eigenvalue weighted by Crippen LogP contribution is 2.33. The Morgan fingerprint density at radius 3 is 2.93 bits per heavy atom. The van der Waals surface area contributed by atoms with Crippen molar-refractivity contribution in [2.45, 2.75) is 25.8 Å². The maximum atomic E-state index is 5.76. The van der Waals surface area contributed by atoms with Gasteiger partial charge in [-0.25, -0.2) is 0 Å². The minimum Gasteiger partial charge on any atom is -0.399 e. The molecule has 1 aliphatic carbocycles. The molecule has 1 aliphatic rings. The molecule has 1 fully saturated rings. The molecule has 2 aromatic rings. The van der Waals surface area contributed by atoms with E-state index in [0.717, 1.165) is 18.2 Å². The SMILES string of the molecule is Nc1ccc2c(ccn2CCC2CC2)c1. The summed E-state index contributed by atoms with van der Waals surface area (Å²) in [5.74, 6) is 0.997. The Bertz CT molecular complexity index is 480. The molecule has 0 radical (unpaired) electrons. The second-order valence-corrected chi connectivity index (χ2v) is 4.56. The average molecular weight is 200 g/mol. The number of hydrogen-bond donors (Lipinski definition) is 1. The van der Waals surface area contributed by atoms with E-state index < -0.39 is 0 Å². The number of fused-ring (bicyclic) bond motifs is 1. The van der Waals surface area contributed by atoms with E-state index in [1.54, 1.807) is 0 Å². The van der Waals surface area contributed by atoms with Crippen molar-refractivity contribution in [3.63, 3.8) is 0 Å². The Balaban J connectivity index is 1.89. The average Bonchev–Trinajstić information content (AvgIpc) is 2.97. The van der Waals surface area contributed by atoms with Crippen LogP contribution in [0.2, 0.25) is 0 Å². The van der Waals surface area contributed by atoms with Crippen molar-refractivity contribution in [2.75, 3.05) is 5.73 Å². The molecule has 0 amide bonds. The molecule has 1 aromatic carbocycles. The predicted molar refractivity (Wildman–Crippen MR) is 63.7 cm³/mol. The van der Waals surface area contributed by atoms with Crippen molar-refractivity contribution in [3.05, 3.63) is 30.5 Å². The number of nitrogen functional groups attached to an aromatic ring is 1. The van der Waals surface area contributed by atoms with Crippen LogP contribution >= 0.6 is 0 Å². The van der Waals surface area contributed by atoms with Crippen molar-refractivity contribution in [3.8, 4) is 0 Å². The standard InChI is InChI=1S/C13H16N2/c14-12-3-4-13-11(9-12)6-8-15(13)7-5-10-1-2-10/h3-4,6,8-10H,1-2,5,7,14H2. The van der Waals surface area contributed by atoms with E-state index in [1.165, 1.54) is 30.2 Å². The first-order valence-corrected chi connectivity index (χ1v) is 5.67. The number of aryl methyl sites for hydroxylation is 1. The van der Waals surface area contributed by atoms with Gasteiger partial charge in [0, 0.05) is 29.3 Å². The van der Waals surface area contributed by atoms with E-state index in [2.05, 4.69) is 22.9 Å². The molecule has 1 aromatic heterocycles. The van der Waals surface area contributed by atoms with Crippen molar-refractivity contribution in [2.24, 2.45) is 5.92 Å². The molecule has 0 aliphatic heterocycles. The van der Waals surface area contributed by atoms with Crippen LogP contribution in [0.5, 0.6) is 0 Å². The largest absolute Gasteiger partial charge is 0.399 e. The van der Waals surface area contributed by atoms with Crippen LogP contribution in [0.4, 0.5) is 5.69 Å². The number of rotatable bonds is 3. The van der Waals surface area contributed by atoms with Gasteiger partial charge in [0.1, 0.15) is 0 Å². The first-order valence-electron chi connectivity index (χ1n) is 5.67. The lowest BCUT2D eigenvalue weighted by Crippen LogP contribution is -1.96. The van der Waals surface area contributed by atoms with Crippen molar-refractivity contribution in [1.82, 2.24) is 4.57 Å². The zero-order valence-electron chi connectivity index (χ0n) is 8.82. The molecule has 78 valence electrons. The van der Waals surface area contributed by atoms with Crippen LogP contribution in [-0.4, -0.2) is 4.57 Å². The Hall–Kier alpha value is -1.44.